The summed E-state index contributed by atoms with van der Waals surface area (Å²) in [6, 6.07) is 9.53. The number of aldehydes is 1. The number of carbonyl (C=O) groups excluding carboxylic acids is 1. The molecule has 0 aromatic heterocycles. The Morgan fingerprint density at radius 1 is 0.778 bits per heavy atom. The van der Waals surface area contributed by atoms with Crippen molar-refractivity contribution in [3.05, 3.63) is 47.5 Å². The van der Waals surface area contributed by atoms with Gasteiger partial charge in [0.15, 0.2) is 0 Å². The van der Waals surface area contributed by atoms with Gasteiger partial charge in [0.2, 0.25) is 0 Å². The molecule has 3 rings (SSSR count). The number of rotatable bonds is 8. The average molecular weight is 367 g/mol. The van der Waals surface area contributed by atoms with E-state index in [-0.39, 0.29) is 0 Å². The van der Waals surface area contributed by atoms with Crippen LogP contribution in [0.2, 0.25) is 0 Å². The summed E-state index contributed by atoms with van der Waals surface area (Å²) >= 11 is 0. The molecular formula is C26H38O. The normalized spacial score (nSPS) is 29.1. The first-order valence-corrected chi connectivity index (χ1v) is 11.5. The Bertz CT molecular complexity index is 569. The van der Waals surface area contributed by atoms with Crippen LogP contribution in [0.3, 0.4) is 0 Å². The highest BCUT2D eigenvalue weighted by atomic mass is 16.1. The zero-order valence-electron chi connectivity index (χ0n) is 17.2. The van der Waals surface area contributed by atoms with E-state index in [9.17, 15) is 4.79 Å². The van der Waals surface area contributed by atoms with Gasteiger partial charge in [-0.3, -0.25) is 0 Å². The number of hydrogen-bond donors (Lipinski definition) is 0. The highest BCUT2D eigenvalue weighted by Gasteiger charge is 2.22. The molecular weight excluding hydrogens is 328 g/mol. The number of carbonyl (C=O) groups is 1. The molecule has 0 amide bonds. The lowest BCUT2D eigenvalue weighted by molar-refractivity contribution is -0.112. The molecule has 2 fully saturated rings. The first-order valence-electron chi connectivity index (χ1n) is 11.5. The number of hydrogen-bond acceptors (Lipinski definition) is 1. The van der Waals surface area contributed by atoms with Crippen molar-refractivity contribution >= 4 is 6.29 Å². The lowest BCUT2D eigenvalue weighted by Crippen LogP contribution is -2.15. The summed E-state index contributed by atoms with van der Waals surface area (Å²) in [7, 11) is 0. The van der Waals surface area contributed by atoms with Crippen molar-refractivity contribution in [1.29, 1.82) is 0 Å². The molecule has 0 atom stereocenters. The van der Waals surface area contributed by atoms with Gasteiger partial charge in [0.05, 0.1) is 0 Å². The Labute approximate surface area is 166 Å². The molecule has 0 spiro atoms. The third kappa shape index (κ3) is 6.33. The van der Waals surface area contributed by atoms with E-state index in [2.05, 4.69) is 43.3 Å². The fourth-order valence-electron chi connectivity index (χ4n) is 4.97. The Hall–Kier alpha value is -1.37. The van der Waals surface area contributed by atoms with Crippen LogP contribution in [0.15, 0.2) is 36.4 Å². The quantitative estimate of drug-likeness (QED) is 0.269. The summed E-state index contributed by atoms with van der Waals surface area (Å²) in [6.45, 7) is 2.27. The van der Waals surface area contributed by atoms with E-state index < -0.39 is 0 Å². The summed E-state index contributed by atoms with van der Waals surface area (Å²) in [5.41, 5.74) is 3.07. The summed E-state index contributed by atoms with van der Waals surface area (Å²) < 4.78 is 0. The van der Waals surface area contributed by atoms with E-state index in [4.69, 9.17) is 0 Å². The first kappa shape index (κ1) is 20.4. The standard InChI is InChI=1S/C26H38O/c1-2-3-4-5-21-12-16-25(17-13-21)26-18-14-23(15-19-26)7-6-22-8-10-24(20-27)11-9-22/h6-7,12-13,16-17,20,22-24,26H,2-5,8-11,14-15,18-19H2,1H3. The van der Waals surface area contributed by atoms with Crippen LogP contribution < -0.4 is 0 Å². The van der Waals surface area contributed by atoms with Crippen molar-refractivity contribution in [3.63, 3.8) is 0 Å². The third-order valence-electron chi connectivity index (χ3n) is 6.96. The number of aryl methyl sites for hydroxylation is 1. The number of benzene rings is 1. The van der Waals surface area contributed by atoms with Crippen LogP contribution in [0.5, 0.6) is 0 Å². The molecule has 27 heavy (non-hydrogen) atoms. The SMILES string of the molecule is CCCCCc1ccc(C2CCC(C=CC3CCC(C=O)CC3)CC2)cc1. The van der Waals surface area contributed by atoms with Crippen LogP contribution in [0.1, 0.15) is 94.6 Å². The van der Waals surface area contributed by atoms with Crippen LogP contribution in [0, 0.1) is 17.8 Å². The Morgan fingerprint density at radius 2 is 1.33 bits per heavy atom. The topological polar surface area (TPSA) is 17.1 Å². The average Bonchev–Trinajstić information content (AvgIpc) is 2.74. The third-order valence-corrected chi connectivity index (χ3v) is 6.96. The predicted molar refractivity (Wildman–Crippen MR) is 115 cm³/mol. The first-order chi connectivity index (χ1) is 13.3. The van der Waals surface area contributed by atoms with Crippen LogP contribution in [0.25, 0.3) is 0 Å². The Morgan fingerprint density at radius 3 is 1.89 bits per heavy atom. The molecule has 0 aliphatic heterocycles. The molecule has 0 heterocycles. The maximum absolute atomic E-state index is 10.9. The maximum atomic E-state index is 10.9. The second-order valence-electron chi connectivity index (χ2n) is 9.01. The molecule has 0 saturated heterocycles. The highest BCUT2D eigenvalue weighted by Crippen LogP contribution is 2.37. The van der Waals surface area contributed by atoms with Gasteiger partial charge in [-0.05, 0) is 93.1 Å². The summed E-state index contributed by atoms with van der Waals surface area (Å²) in [4.78, 5) is 10.9. The molecule has 2 aliphatic carbocycles. The lowest BCUT2D eigenvalue weighted by Gasteiger charge is -2.28. The van der Waals surface area contributed by atoms with E-state index in [0.29, 0.717) is 5.92 Å². The van der Waals surface area contributed by atoms with E-state index in [1.54, 1.807) is 5.56 Å². The molecule has 0 N–H and O–H groups in total. The van der Waals surface area contributed by atoms with Gasteiger partial charge in [0.25, 0.3) is 0 Å². The largest absolute Gasteiger partial charge is 0.303 e. The van der Waals surface area contributed by atoms with Gasteiger partial charge in [-0.25, -0.2) is 0 Å². The van der Waals surface area contributed by atoms with Crippen LogP contribution in [-0.4, -0.2) is 6.29 Å². The molecule has 148 valence electrons. The van der Waals surface area contributed by atoms with Crippen molar-refractivity contribution < 1.29 is 4.79 Å². The van der Waals surface area contributed by atoms with Gasteiger partial charge in [-0.15, -0.1) is 0 Å². The molecule has 1 aromatic rings. The smallest absolute Gasteiger partial charge is 0.123 e. The molecule has 1 heteroatoms. The van der Waals surface area contributed by atoms with Crippen molar-refractivity contribution in [2.75, 3.05) is 0 Å². The zero-order valence-corrected chi connectivity index (χ0v) is 17.2. The lowest BCUT2D eigenvalue weighted by atomic mass is 9.77. The molecule has 1 aromatic carbocycles. The minimum Gasteiger partial charge on any atom is -0.303 e. The predicted octanol–water partition coefficient (Wildman–Crippen LogP) is 7.25. The van der Waals surface area contributed by atoms with E-state index in [1.165, 1.54) is 76.1 Å². The van der Waals surface area contributed by atoms with E-state index in [0.717, 1.165) is 30.6 Å². The Kier molecular flexibility index (Phi) is 8.17. The number of unbranched alkanes of at least 4 members (excludes halogenated alkanes) is 2. The van der Waals surface area contributed by atoms with Crippen LogP contribution in [-0.2, 0) is 11.2 Å². The molecule has 1 nitrogen and oxygen atoms in total. The maximum Gasteiger partial charge on any atom is 0.123 e. The fraction of sp³-hybridized carbons (Fsp3) is 0.654. The molecule has 0 unspecified atom stereocenters. The molecule has 2 saturated carbocycles. The van der Waals surface area contributed by atoms with Gasteiger partial charge < -0.3 is 4.79 Å². The minimum absolute atomic E-state index is 0.336. The van der Waals surface area contributed by atoms with Crippen LogP contribution >= 0.6 is 0 Å². The molecule has 2 aliphatic rings. The van der Waals surface area contributed by atoms with Crippen molar-refractivity contribution in [2.24, 2.45) is 17.8 Å². The van der Waals surface area contributed by atoms with Crippen LogP contribution in [0.4, 0.5) is 0 Å². The van der Waals surface area contributed by atoms with E-state index in [1.807, 2.05) is 0 Å². The van der Waals surface area contributed by atoms with Gasteiger partial charge in [-0.2, -0.15) is 0 Å². The number of allylic oxidation sites excluding steroid dienone is 2. The second-order valence-corrected chi connectivity index (χ2v) is 9.01. The van der Waals surface area contributed by atoms with Gasteiger partial charge >= 0.3 is 0 Å². The fourth-order valence-corrected chi connectivity index (χ4v) is 4.97. The second kappa shape index (κ2) is 10.8. The van der Waals surface area contributed by atoms with E-state index >= 15 is 0 Å². The van der Waals surface area contributed by atoms with Crippen molar-refractivity contribution in [3.8, 4) is 0 Å². The van der Waals surface area contributed by atoms with Gasteiger partial charge in [0, 0.05) is 5.92 Å². The highest BCUT2D eigenvalue weighted by molar-refractivity contribution is 5.53. The summed E-state index contributed by atoms with van der Waals surface area (Å²) in [6.07, 6.45) is 21.3. The minimum atomic E-state index is 0.336. The van der Waals surface area contributed by atoms with Gasteiger partial charge in [-0.1, -0.05) is 56.2 Å². The Balaban J connectivity index is 1.41. The monoisotopic (exact) mass is 366 g/mol. The van der Waals surface area contributed by atoms with Crippen molar-refractivity contribution in [1.82, 2.24) is 0 Å². The van der Waals surface area contributed by atoms with Gasteiger partial charge in [0.1, 0.15) is 6.29 Å². The summed E-state index contributed by atoms with van der Waals surface area (Å²) in [5, 5.41) is 0. The van der Waals surface area contributed by atoms with Crippen molar-refractivity contribution in [2.45, 2.75) is 89.9 Å². The zero-order chi connectivity index (χ0) is 18.9. The summed E-state index contributed by atoms with van der Waals surface area (Å²) in [5.74, 6) is 2.60. The molecule has 0 bridgehead atoms. The molecule has 0 radical (unpaired) electrons.